The van der Waals surface area contributed by atoms with Crippen molar-refractivity contribution < 1.29 is 19.1 Å². The fourth-order valence-corrected chi connectivity index (χ4v) is 2.65. The molecule has 0 radical (unpaired) electrons. The third kappa shape index (κ3) is 5.27. The molecule has 1 saturated heterocycles. The smallest absolute Gasteiger partial charge is 0.320 e. The van der Waals surface area contributed by atoms with E-state index in [1.165, 1.54) is 0 Å². The van der Waals surface area contributed by atoms with Crippen LogP contribution in [0.3, 0.4) is 0 Å². The van der Waals surface area contributed by atoms with E-state index in [4.69, 9.17) is 9.47 Å². The highest BCUT2D eigenvalue weighted by Crippen LogP contribution is 2.29. The predicted molar refractivity (Wildman–Crippen MR) is 96.1 cm³/mol. The van der Waals surface area contributed by atoms with E-state index in [0.717, 1.165) is 19.3 Å². The molecule has 3 amide bonds. The lowest BCUT2D eigenvalue weighted by atomic mass is 9.94. The number of benzene rings is 1. The van der Waals surface area contributed by atoms with Crippen LogP contribution in [0.15, 0.2) is 18.2 Å². The van der Waals surface area contributed by atoms with Crippen LogP contribution in [-0.4, -0.2) is 38.2 Å². The Bertz CT molecular complexity index is 606. The molecule has 0 aromatic heterocycles. The molecule has 0 saturated carbocycles. The van der Waals surface area contributed by atoms with Crippen LogP contribution < -0.4 is 25.4 Å². The van der Waals surface area contributed by atoms with Crippen molar-refractivity contribution in [3.63, 3.8) is 0 Å². The monoisotopic (exact) mass is 349 g/mol. The molecule has 7 heteroatoms. The topological polar surface area (TPSA) is 88.7 Å². The molecule has 25 heavy (non-hydrogen) atoms. The normalized spacial score (nSPS) is 19.7. The van der Waals surface area contributed by atoms with Crippen LogP contribution in [0.4, 0.5) is 10.5 Å². The minimum atomic E-state index is -0.538. The highest BCUT2D eigenvalue weighted by molar-refractivity contribution is 5.95. The Kier molecular flexibility index (Phi) is 6.91. The molecule has 1 aromatic rings. The van der Waals surface area contributed by atoms with E-state index in [0.29, 0.717) is 30.3 Å². The van der Waals surface area contributed by atoms with Crippen LogP contribution in [0.25, 0.3) is 0 Å². The molecule has 0 bridgehead atoms. The number of piperidine rings is 1. The van der Waals surface area contributed by atoms with Crippen molar-refractivity contribution in [3.8, 4) is 11.5 Å². The lowest BCUT2D eigenvalue weighted by molar-refractivity contribution is -0.125. The molecule has 1 aliphatic rings. The zero-order valence-corrected chi connectivity index (χ0v) is 15.1. The van der Waals surface area contributed by atoms with Crippen LogP contribution in [-0.2, 0) is 4.79 Å². The van der Waals surface area contributed by atoms with Crippen molar-refractivity contribution in [3.05, 3.63) is 18.2 Å². The third-order valence-corrected chi connectivity index (χ3v) is 4.23. The van der Waals surface area contributed by atoms with E-state index in [2.05, 4.69) is 22.9 Å². The molecule has 1 aromatic carbocycles. The maximum Gasteiger partial charge on any atom is 0.320 e. The number of carbonyl (C=O) groups is 2. The molecule has 1 fully saturated rings. The second-order valence-electron chi connectivity index (χ2n) is 6.20. The second kappa shape index (κ2) is 9.15. The van der Waals surface area contributed by atoms with Gasteiger partial charge in [0.1, 0.15) is 17.5 Å². The van der Waals surface area contributed by atoms with Gasteiger partial charge in [-0.2, -0.15) is 0 Å². The largest absolute Gasteiger partial charge is 0.497 e. The molecular formula is C18H27N3O4. The number of carbonyl (C=O) groups excluding carboxylic acids is 2. The molecule has 0 aliphatic carbocycles. The molecule has 1 aliphatic heterocycles. The fourth-order valence-electron chi connectivity index (χ4n) is 2.65. The van der Waals surface area contributed by atoms with Gasteiger partial charge in [-0.3, -0.25) is 4.79 Å². The van der Waals surface area contributed by atoms with Gasteiger partial charge in [-0.15, -0.1) is 0 Å². The summed E-state index contributed by atoms with van der Waals surface area (Å²) in [7, 11) is 1.56. The van der Waals surface area contributed by atoms with Gasteiger partial charge in [0.05, 0.1) is 19.4 Å². The Morgan fingerprint density at radius 1 is 1.40 bits per heavy atom. The zero-order chi connectivity index (χ0) is 18.2. The lowest BCUT2D eigenvalue weighted by Crippen LogP contribution is -2.55. The average Bonchev–Trinajstić information content (AvgIpc) is 2.59. The summed E-state index contributed by atoms with van der Waals surface area (Å²) in [6.45, 7) is 5.25. The van der Waals surface area contributed by atoms with Gasteiger partial charge in [-0.1, -0.05) is 20.3 Å². The summed E-state index contributed by atoms with van der Waals surface area (Å²) in [6, 6.07) is 4.26. The van der Waals surface area contributed by atoms with Gasteiger partial charge in [0.2, 0.25) is 5.91 Å². The Morgan fingerprint density at radius 2 is 2.20 bits per heavy atom. The average molecular weight is 349 g/mol. The van der Waals surface area contributed by atoms with E-state index < -0.39 is 12.1 Å². The number of rotatable bonds is 7. The van der Waals surface area contributed by atoms with Crippen molar-refractivity contribution >= 4 is 17.6 Å². The summed E-state index contributed by atoms with van der Waals surface area (Å²) in [5.41, 5.74) is 0.511. The number of hydrogen-bond acceptors (Lipinski definition) is 4. The molecule has 2 atom stereocenters. The Morgan fingerprint density at radius 3 is 2.88 bits per heavy atom. The van der Waals surface area contributed by atoms with Gasteiger partial charge in [0.25, 0.3) is 0 Å². The first-order valence-electron chi connectivity index (χ1n) is 8.71. The lowest BCUT2D eigenvalue weighted by Gasteiger charge is -2.29. The van der Waals surface area contributed by atoms with Crippen LogP contribution in [0, 0.1) is 5.92 Å². The number of methoxy groups -OCH3 is 1. The number of anilines is 1. The van der Waals surface area contributed by atoms with Gasteiger partial charge in [0.15, 0.2) is 0 Å². The van der Waals surface area contributed by atoms with Crippen LogP contribution in [0.2, 0.25) is 0 Å². The van der Waals surface area contributed by atoms with Gasteiger partial charge in [0, 0.05) is 12.6 Å². The number of nitrogens with one attached hydrogen (secondary N) is 3. The molecule has 138 valence electrons. The predicted octanol–water partition coefficient (Wildman–Crippen LogP) is 2.52. The maximum atomic E-state index is 12.4. The Labute approximate surface area is 148 Å². The van der Waals surface area contributed by atoms with E-state index >= 15 is 0 Å². The van der Waals surface area contributed by atoms with Gasteiger partial charge < -0.3 is 25.4 Å². The van der Waals surface area contributed by atoms with E-state index in [9.17, 15) is 9.59 Å². The summed E-state index contributed by atoms with van der Waals surface area (Å²) in [4.78, 5) is 24.3. The van der Waals surface area contributed by atoms with Crippen molar-refractivity contribution in [2.75, 3.05) is 25.6 Å². The van der Waals surface area contributed by atoms with Crippen molar-refractivity contribution in [1.82, 2.24) is 10.6 Å². The number of ether oxygens (including phenoxy) is 2. The van der Waals surface area contributed by atoms with Gasteiger partial charge >= 0.3 is 6.03 Å². The second-order valence-corrected chi connectivity index (χ2v) is 6.20. The summed E-state index contributed by atoms with van der Waals surface area (Å²) < 4.78 is 10.9. The van der Waals surface area contributed by atoms with Gasteiger partial charge in [-0.05, 0) is 30.9 Å². The minimum absolute atomic E-state index is 0.0880. The molecule has 3 N–H and O–H groups in total. The number of amides is 3. The SMILES string of the molecule is CCCCOc1ccc(OC)cc1NC(=O)NC1C(=O)NCCC1C. The highest BCUT2D eigenvalue weighted by atomic mass is 16.5. The third-order valence-electron chi connectivity index (χ3n) is 4.23. The summed E-state index contributed by atoms with van der Waals surface area (Å²) in [5, 5.41) is 8.28. The van der Waals surface area contributed by atoms with Crippen LogP contribution in [0.1, 0.15) is 33.1 Å². The van der Waals surface area contributed by atoms with Crippen LogP contribution >= 0.6 is 0 Å². The van der Waals surface area contributed by atoms with E-state index in [1.807, 2.05) is 6.92 Å². The maximum absolute atomic E-state index is 12.4. The molecular weight excluding hydrogens is 322 g/mol. The number of hydrogen-bond donors (Lipinski definition) is 3. The minimum Gasteiger partial charge on any atom is -0.497 e. The number of unbranched alkanes of at least 4 members (excludes halogenated alkanes) is 1. The molecule has 7 nitrogen and oxygen atoms in total. The van der Waals surface area contributed by atoms with Gasteiger partial charge in [-0.25, -0.2) is 4.79 Å². The summed E-state index contributed by atoms with van der Waals surface area (Å²) in [6.07, 6.45) is 2.78. The molecule has 0 spiro atoms. The van der Waals surface area contributed by atoms with Crippen molar-refractivity contribution in [2.24, 2.45) is 5.92 Å². The molecule has 2 unspecified atom stereocenters. The Hall–Kier alpha value is -2.44. The first-order valence-corrected chi connectivity index (χ1v) is 8.71. The van der Waals surface area contributed by atoms with Crippen LogP contribution in [0.5, 0.6) is 11.5 Å². The van der Waals surface area contributed by atoms with Crippen molar-refractivity contribution in [2.45, 2.75) is 39.2 Å². The quantitative estimate of drug-likeness (QED) is 0.660. The molecule has 2 rings (SSSR count). The molecule has 1 heterocycles. The number of urea groups is 1. The first kappa shape index (κ1) is 18.9. The Balaban J connectivity index is 2.05. The zero-order valence-electron chi connectivity index (χ0n) is 15.1. The van der Waals surface area contributed by atoms with Crippen molar-refractivity contribution in [1.29, 1.82) is 0 Å². The standard InChI is InChI=1S/C18H27N3O4/c1-4-5-10-25-15-7-6-13(24-3)11-14(15)20-18(23)21-16-12(2)8-9-19-17(16)22/h6-7,11-12,16H,4-5,8-10H2,1-3H3,(H,19,22)(H2,20,21,23). The fraction of sp³-hybridized carbons (Fsp3) is 0.556. The summed E-state index contributed by atoms with van der Waals surface area (Å²) >= 11 is 0. The summed E-state index contributed by atoms with van der Waals surface area (Å²) in [5.74, 6) is 1.12. The first-order chi connectivity index (χ1) is 12.0. The highest BCUT2D eigenvalue weighted by Gasteiger charge is 2.30. The van der Waals surface area contributed by atoms with E-state index in [1.54, 1.807) is 25.3 Å². The van der Waals surface area contributed by atoms with E-state index in [-0.39, 0.29) is 11.8 Å².